The molecular formula is C17H26N2O. The molecule has 1 aromatic rings. The Labute approximate surface area is 122 Å². The van der Waals surface area contributed by atoms with Gasteiger partial charge in [0.25, 0.3) is 0 Å². The molecule has 0 aromatic heterocycles. The number of nitrogens with zero attached hydrogens (tertiary/aromatic N) is 1. The van der Waals surface area contributed by atoms with Crippen LogP contribution in [0.1, 0.15) is 30.9 Å². The lowest BCUT2D eigenvalue weighted by atomic mass is 10.00. The van der Waals surface area contributed by atoms with E-state index in [2.05, 4.69) is 42.3 Å². The van der Waals surface area contributed by atoms with Crippen molar-refractivity contribution in [3.8, 4) is 0 Å². The third kappa shape index (κ3) is 2.57. The van der Waals surface area contributed by atoms with Crippen molar-refractivity contribution in [3.05, 3.63) is 29.3 Å². The number of fused-ring (bicyclic) bond motifs is 1. The Bertz CT molecular complexity index is 474. The van der Waals surface area contributed by atoms with Gasteiger partial charge in [0.05, 0.1) is 6.10 Å². The molecule has 3 heteroatoms. The molecule has 20 heavy (non-hydrogen) atoms. The molecule has 1 saturated carbocycles. The lowest BCUT2D eigenvalue weighted by molar-refractivity contribution is 0.133. The van der Waals surface area contributed by atoms with Crippen molar-refractivity contribution in [2.75, 3.05) is 24.5 Å². The van der Waals surface area contributed by atoms with Crippen molar-refractivity contribution >= 4 is 5.69 Å². The molecule has 0 spiro atoms. The molecule has 110 valence electrons. The number of hydrogen-bond donors (Lipinski definition) is 2. The van der Waals surface area contributed by atoms with E-state index in [0.717, 1.165) is 32.6 Å². The van der Waals surface area contributed by atoms with E-state index in [1.54, 1.807) is 0 Å². The largest absolute Gasteiger partial charge is 0.393 e. The van der Waals surface area contributed by atoms with Crippen LogP contribution in [0.15, 0.2) is 18.2 Å². The van der Waals surface area contributed by atoms with Crippen molar-refractivity contribution in [1.82, 2.24) is 5.32 Å². The minimum Gasteiger partial charge on any atom is -0.393 e. The maximum absolute atomic E-state index is 10.0. The fourth-order valence-corrected chi connectivity index (χ4v) is 3.89. The van der Waals surface area contributed by atoms with Gasteiger partial charge in [0.1, 0.15) is 0 Å². The summed E-state index contributed by atoms with van der Waals surface area (Å²) in [5.41, 5.74) is 4.06. The normalized spacial score (nSPS) is 28.9. The minimum atomic E-state index is -0.0710. The predicted octanol–water partition coefficient (Wildman–Crippen LogP) is 2.31. The molecule has 3 atom stereocenters. The van der Waals surface area contributed by atoms with Gasteiger partial charge in [-0.25, -0.2) is 0 Å². The van der Waals surface area contributed by atoms with Crippen molar-refractivity contribution in [2.24, 2.45) is 11.8 Å². The molecule has 1 heterocycles. The van der Waals surface area contributed by atoms with Gasteiger partial charge in [-0.3, -0.25) is 0 Å². The summed E-state index contributed by atoms with van der Waals surface area (Å²) < 4.78 is 0. The summed E-state index contributed by atoms with van der Waals surface area (Å²) in [7, 11) is 0. The Balaban J connectivity index is 1.72. The van der Waals surface area contributed by atoms with E-state index in [1.807, 2.05) is 0 Å². The number of hydrogen-bond acceptors (Lipinski definition) is 3. The van der Waals surface area contributed by atoms with Gasteiger partial charge in [-0.2, -0.15) is 0 Å². The topological polar surface area (TPSA) is 35.5 Å². The maximum atomic E-state index is 10.0. The van der Waals surface area contributed by atoms with E-state index in [4.69, 9.17) is 0 Å². The van der Waals surface area contributed by atoms with Gasteiger partial charge in [-0.05, 0) is 49.4 Å². The highest BCUT2D eigenvalue weighted by atomic mass is 16.3. The summed E-state index contributed by atoms with van der Waals surface area (Å²) in [5.74, 6) is 1.20. The van der Waals surface area contributed by atoms with Crippen LogP contribution in [-0.2, 0) is 6.54 Å². The van der Waals surface area contributed by atoms with Crippen LogP contribution >= 0.6 is 0 Å². The van der Waals surface area contributed by atoms with Crippen LogP contribution in [0.5, 0.6) is 0 Å². The predicted molar refractivity (Wildman–Crippen MR) is 83.0 cm³/mol. The first kappa shape index (κ1) is 13.9. The highest BCUT2D eigenvalue weighted by Gasteiger charge is 2.42. The van der Waals surface area contributed by atoms with Crippen molar-refractivity contribution in [2.45, 2.75) is 39.3 Å². The third-order valence-corrected chi connectivity index (χ3v) is 5.00. The van der Waals surface area contributed by atoms with E-state index in [1.165, 1.54) is 23.2 Å². The van der Waals surface area contributed by atoms with Gasteiger partial charge in [0, 0.05) is 31.2 Å². The average molecular weight is 274 g/mol. The van der Waals surface area contributed by atoms with Crippen molar-refractivity contribution < 1.29 is 5.11 Å². The van der Waals surface area contributed by atoms with Crippen molar-refractivity contribution in [1.29, 1.82) is 0 Å². The zero-order chi connectivity index (χ0) is 14.1. The van der Waals surface area contributed by atoms with Gasteiger partial charge in [-0.15, -0.1) is 0 Å². The quantitative estimate of drug-likeness (QED) is 0.884. The van der Waals surface area contributed by atoms with Crippen LogP contribution in [0.3, 0.4) is 0 Å². The Morgan fingerprint density at radius 1 is 1.30 bits per heavy atom. The second-order valence-electron chi connectivity index (χ2n) is 6.37. The van der Waals surface area contributed by atoms with Crippen LogP contribution in [-0.4, -0.2) is 30.8 Å². The number of aryl methyl sites for hydroxylation is 1. The van der Waals surface area contributed by atoms with Crippen LogP contribution in [0.2, 0.25) is 0 Å². The van der Waals surface area contributed by atoms with Crippen LogP contribution < -0.4 is 10.2 Å². The molecule has 3 nitrogen and oxygen atoms in total. The van der Waals surface area contributed by atoms with Gasteiger partial charge < -0.3 is 15.3 Å². The number of anilines is 1. The monoisotopic (exact) mass is 274 g/mol. The number of rotatable bonds is 4. The third-order valence-electron chi connectivity index (χ3n) is 5.00. The van der Waals surface area contributed by atoms with E-state index < -0.39 is 0 Å². The van der Waals surface area contributed by atoms with Gasteiger partial charge in [0.15, 0.2) is 0 Å². The fraction of sp³-hybridized carbons (Fsp3) is 0.647. The molecule has 2 fully saturated rings. The average Bonchev–Trinajstić information content (AvgIpc) is 2.99. The highest BCUT2D eigenvalue weighted by molar-refractivity contribution is 5.55. The van der Waals surface area contributed by atoms with Gasteiger partial charge >= 0.3 is 0 Å². The van der Waals surface area contributed by atoms with E-state index in [-0.39, 0.29) is 6.10 Å². The van der Waals surface area contributed by atoms with E-state index >= 15 is 0 Å². The lowest BCUT2D eigenvalue weighted by Gasteiger charge is -2.23. The lowest BCUT2D eigenvalue weighted by Crippen LogP contribution is -2.25. The molecule has 3 unspecified atom stereocenters. The number of aliphatic hydroxyl groups is 1. The number of benzene rings is 1. The summed E-state index contributed by atoms with van der Waals surface area (Å²) in [4.78, 5) is 2.48. The summed E-state index contributed by atoms with van der Waals surface area (Å²) >= 11 is 0. The Morgan fingerprint density at radius 3 is 2.85 bits per heavy atom. The Hall–Kier alpha value is -1.06. The molecule has 1 aliphatic carbocycles. The van der Waals surface area contributed by atoms with Crippen molar-refractivity contribution in [3.63, 3.8) is 0 Å². The molecule has 1 aliphatic heterocycles. The fourth-order valence-electron chi connectivity index (χ4n) is 3.89. The molecule has 3 rings (SSSR count). The number of nitrogens with one attached hydrogen (secondary N) is 1. The highest BCUT2D eigenvalue weighted by Crippen LogP contribution is 2.40. The molecule has 2 N–H and O–H groups in total. The maximum Gasteiger partial charge on any atom is 0.0588 e. The van der Waals surface area contributed by atoms with Gasteiger partial charge in [0.2, 0.25) is 0 Å². The first-order valence-electron chi connectivity index (χ1n) is 7.92. The minimum absolute atomic E-state index is 0.0710. The van der Waals surface area contributed by atoms with Crippen LogP contribution in [0, 0.1) is 18.8 Å². The second-order valence-corrected chi connectivity index (χ2v) is 6.37. The number of aliphatic hydroxyl groups excluding tert-OH is 1. The first-order chi connectivity index (χ1) is 9.69. The standard InChI is InChI=1S/C17H26N2O/c1-3-18-9-13-4-6-16(12(2)8-13)19-10-14-5-7-17(20)15(14)11-19/h4,6,8,14-15,17-18,20H,3,5,7,9-11H2,1-2H3. The summed E-state index contributed by atoms with van der Waals surface area (Å²) in [5, 5.41) is 13.4. The summed E-state index contributed by atoms with van der Waals surface area (Å²) in [6.45, 7) is 8.44. The molecule has 2 aliphatic rings. The Kier molecular flexibility index (Phi) is 3.99. The molecule has 0 radical (unpaired) electrons. The molecule has 1 saturated heterocycles. The zero-order valence-corrected chi connectivity index (χ0v) is 12.6. The van der Waals surface area contributed by atoms with E-state index in [0.29, 0.717) is 11.8 Å². The van der Waals surface area contributed by atoms with E-state index in [9.17, 15) is 5.11 Å². The SMILES string of the molecule is CCNCc1ccc(N2CC3CCC(O)C3C2)c(C)c1. The first-order valence-corrected chi connectivity index (χ1v) is 7.92. The molecular weight excluding hydrogens is 248 g/mol. The van der Waals surface area contributed by atoms with Gasteiger partial charge in [-0.1, -0.05) is 19.1 Å². The zero-order valence-electron chi connectivity index (χ0n) is 12.6. The molecule has 0 bridgehead atoms. The second kappa shape index (κ2) is 5.74. The summed E-state index contributed by atoms with van der Waals surface area (Å²) in [6.07, 6.45) is 2.13. The molecule has 1 aromatic carbocycles. The van der Waals surface area contributed by atoms with Crippen LogP contribution in [0.4, 0.5) is 5.69 Å². The Morgan fingerprint density at radius 2 is 2.15 bits per heavy atom. The summed E-state index contributed by atoms with van der Waals surface area (Å²) in [6, 6.07) is 6.79. The smallest absolute Gasteiger partial charge is 0.0588 e. The molecule has 0 amide bonds. The van der Waals surface area contributed by atoms with Crippen LogP contribution in [0.25, 0.3) is 0 Å².